The number of hydrogen-bond donors (Lipinski definition) is 0. The zero-order valence-electron chi connectivity index (χ0n) is 20.1. The lowest BCUT2D eigenvalue weighted by atomic mass is 9.99. The van der Waals surface area contributed by atoms with E-state index in [0.717, 1.165) is 19.3 Å². The molecule has 2 heterocycles. The zero-order chi connectivity index (χ0) is 24.3. The molecule has 1 aromatic rings. The number of methoxy groups -OCH3 is 2. The van der Waals surface area contributed by atoms with Crippen LogP contribution in [-0.2, 0) is 23.7 Å². The van der Waals surface area contributed by atoms with Gasteiger partial charge in [-0.15, -0.1) is 0 Å². The van der Waals surface area contributed by atoms with Crippen molar-refractivity contribution < 1.29 is 38.0 Å². The van der Waals surface area contributed by atoms with Gasteiger partial charge in [0.05, 0.1) is 13.2 Å². The number of carbonyl (C=O) groups is 2. The Morgan fingerprint density at radius 1 is 1.06 bits per heavy atom. The molecule has 0 spiro atoms. The number of hydrogen-bond acceptors (Lipinski definition) is 8. The summed E-state index contributed by atoms with van der Waals surface area (Å²) < 4.78 is 34.1. The van der Waals surface area contributed by atoms with Gasteiger partial charge in [0.25, 0.3) is 0 Å². The van der Waals surface area contributed by atoms with Crippen LogP contribution >= 0.6 is 0 Å². The van der Waals surface area contributed by atoms with Crippen LogP contribution in [0.5, 0.6) is 11.5 Å². The molecule has 184 valence electrons. The summed E-state index contributed by atoms with van der Waals surface area (Å²) in [5.41, 5.74) is 0.885. The van der Waals surface area contributed by atoms with Gasteiger partial charge in [0.1, 0.15) is 29.3 Å². The minimum Gasteiger partial charge on any atom is -0.497 e. The average Bonchev–Trinajstić information content (AvgIpc) is 3.37. The van der Waals surface area contributed by atoms with Crippen molar-refractivity contribution in [3.05, 3.63) is 41.5 Å². The van der Waals surface area contributed by atoms with E-state index in [4.69, 9.17) is 28.4 Å². The van der Waals surface area contributed by atoms with Crippen molar-refractivity contribution in [3.63, 3.8) is 0 Å². The molecule has 1 saturated carbocycles. The van der Waals surface area contributed by atoms with Gasteiger partial charge in [-0.3, -0.25) is 4.79 Å². The summed E-state index contributed by atoms with van der Waals surface area (Å²) in [7, 11) is 3.06. The molecule has 3 aliphatic rings. The largest absolute Gasteiger partial charge is 0.497 e. The highest BCUT2D eigenvalue weighted by molar-refractivity contribution is 5.97. The maximum Gasteiger partial charge on any atom is 0.342 e. The van der Waals surface area contributed by atoms with E-state index in [9.17, 15) is 9.59 Å². The van der Waals surface area contributed by atoms with Crippen molar-refractivity contribution in [1.82, 2.24) is 0 Å². The van der Waals surface area contributed by atoms with E-state index >= 15 is 0 Å². The summed E-state index contributed by atoms with van der Waals surface area (Å²) in [6.45, 7) is 3.57. The van der Waals surface area contributed by atoms with Crippen molar-refractivity contribution in [2.75, 3.05) is 21.0 Å². The summed E-state index contributed by atoms with van der Waals surface area (Å²) >= 11 is 0. The highest BCUT2D eigenvalue weighted by Gasteiger charge is 2.44. The Morgan fingerprint density at radius 2 is 1.88 bits per heavy atom. The van der Waals surface area contributed by atoms with Crippen LogP contribution in [-0.4, -0.2) is 56.9 Å². The lowest BCUT2D eigenvalue weighted by Gasteiger charge is -2.21. The van der Waals surface area contributed by atoms with Gasteiger partial charge in [-0.25, -0.2) is 4.79 Å². The third kappa shape index (κ3) is 5.35. The lowest BCUT2D eigenvalue weighted by molar-refractivity contribution is -0.152. The highest BCUT2D eigenvalue weighted by atomic mass is 16.8. The summed E-state index contributed by atoms with van der Waals surface area (Å²) in [6.07, 6.45) is 8.45. The third-order valence-corrected chi connectivity index (χ3v) is 6.28. The Balaban J connectivity index is 1.77. The zero-order valence-corrected chi connectivity index (χ0v) is 20.1. The van der Waals surface area contributed by atoms with Crippen LogP contribution in [0.4, 0.5) is 0 Å². The van der Waals surface area contributed by atoms with E-state index in [-0.39, 0.29) is 24.6 Å². The number of ether oxygens (including phenoxy) is 6. The van der Waals surface area contributed by atoms with E-state index in [1.54, 1.807) is 45.2 Å². The second-order valence-corrected chi connectivity index (χ2v) is 9.17. The van der Waals surface area contributed by atoms with Gasteiger partial charge in [0.2, 0.25) is 0 Å². The molecule has 0 amide bonds. The fourth-order valence-corrected chi connectivity index (χ4v) is 4.72. The van der Waals surface area contributed by atoms with Crippen LogP contribution in [0.3, 0.4) is 0 Å². The molecule has 2 aliphatic heterocycles. The number of esters is 1. The van der Waals surface area contributed by atoms with Crippen molar-refractivity contribution >= 4 is 17.8 Å². The number of carbonyl (C=O) groups excluding carboxylic acids is 2. The average molecular weight is 473 g/mol. The number of fused-ring (bicyclic) bond motifs is 3. The summed E-state index contributed by atoms with van der Waals surface area (Å²) in [6, 6.07) is 3.40. The molecule has 0 bridgehead atoms. The summed E-state index contributed by atoms with van der Waals surface area (Å²) in [5.74, 6) is -0.697. The number of rotatable bonds is 4. The Hall–Kier alpha value is -2.68. The molecule has 0 unspecified atom stereocenters. The molecule has 0 aromatic heterocycles. The van der Waals surface area contributed by atoms with Crippen LogP contribution in [0.1, 0.15) is 55.5 Å². The second-order valence-electron chi connectivity index (χ2n) is 9.17. The van der Waals surface area contributed by atoms with Crippen LogP contribution in [0, 0.1) is 5.92 Å². The molecule has 1 aliphatic carbocycles. The van der Waals surface area contributed by atoms with E-state index in [2.05, 4.69) is 0 Å². The first-order chi connectivity index (χ1) is 16.3. The molecule has 34 heavy (non-hydrogen) atoms. The van der Waals surface area contributed by atoms with Gasteiger partial charge in [-0.2, -0.15) is 0 Å². The molecule has 8 nitrogen and oxygen atoms in total. The maximum atomic E-state index is 13.4. The van der Waals surface area contributed by atoms with E-state index in [1.165, 1.54) is 7.11 Å². The van der Waals surface area contributed by atoms with Crippen molar-refractivity contribution in [3.8, 4) is 11.5 Å². The van der Waals surface area contributed by atoms with Crippen molar-refractivity contribution in [2.45, 2.75) is 63.6 Å². The molecule has 4 rings (SSSR count). The topological polar surface area (TPSA) is 89.5 Å². The Bertz CT molecular complexity index is 979. The molecular weight excluding hydrogens is 440 g/mol. The molecule has 8 heteroatoms. The molecule has 2 fully saturated rings. The fourth-order valence-electron chi connectivity index (χ4n) is 4.72. The molecule has 1 aromatic carbocycles. The van der Waals surface area contributed by atoms with E-state index in [1.807, 2.05) is 12.2 Å². The highest BCUT2D eigenvalue weighted by Crippen LogP contribution is 2.36. The fraction of sp³-hybridized carbons (Fsp3) is 0.538. The van der Waals surface area contributed by atoms with Gasteiger partial charge >= 0.3 is 5.97 Å². The number of benzene rings is 1. The van der Waals surface area contributed by atoms with Crippen LogP contribution in [0.2, 0.25) is 0 Å². The summed E-state index contributed by atoms with van der Waals surface area (Å²) in [4.78, 5) is 26.3. The second kappa shape index (κ2) is 10.3. The Kier molecular flexibility index (Phi) is 7.40. The Labute approximate surface area is 199 Å². The molecule has 0 radical (unpaired) electrons. The molecule has 4 atom stereocenters. The molecular formula is C26H32O8. The first-order valence-electron chi connectivity index (χ1n) is 11.6. The quantitative estimate of drug-likeness (QED) is 0.479. The molecule has 1 saturated heterocycles. The van der Waals surface area contributed by atoms with Gasteiger partial charge in [0, 0.05) is 19.1 Å². The van der Waals surface area contributed by atoms with E-state index in [0.29, 0.717) is 29.0 Å². The van der Waals surface area contributed by atoms with Crippen LogP contribution in [0.25, 0.3) is 6.08 Å². The van der Waals surface area contributed by atoms with Gasteiger partial charge < -0.3 is 28.4 Å². The minimum atomic E-state index is -0.863. The monoisotopic (exact) mass is 472 g/mol. The predicted molar refractivity (Wildman–Crippen MR) is 124 cm³/mol. The van der Waals surface area contributed by atoms with Crippen LogP contribution < -0.4 is 9.47 Å². The summed E-state index contributed by atoms with van der Waals surface area (Å²) in [5, 5.41) is 0. The standard InChI is InChI=1S/C26H32O8/c1-26(2)33-21-10-6-8-17-13-18(30-4)14-22(31-15-29-3)23(17)25(28)32-20-9-5-7-16(20)11-12-19(27)24(21)34-26/h6,8,11-14,16,20-21,24H,5,7,9-10,15H2,1-4H3/b8-6?,12-11-/t16-,20+,21+,24-/m1/s1. The van der Waals surface area contributed by atoms with Crippen LogP contribution in [0.15, 0.2) is 30.4 Å². The SMILES string of the molecule is COCOc1cc(OC)cc2c1C(=O)O[C@H]1CCC[C@@H]1/C=C\C(=O)[C@H]1OC(C)(C)O[C@H]1CC=C2. The molecule has 0 N–H and O–H groups in total. The van der Waals surface area contributed by atoms with E-state index < -0.39 is 24.0 Å². The third-order valence-electron chi connectivity index (χ3n) is 6.28. The maximum absolute atomic E-state index is 13.4. The van der Waals surface area contributed by atoms with Gasteiger partial charge in [-0.05, 0) is 57.2 Å². The normalized spacial score (nSPS) is 29.4. The van der Waals surface area contributed by atoms with Gasteiger partial charge in [0.15, 0.2) is 18.4 Å². The predicted octanol–water partition coefficient (Wildman–Crippen LogP) is 4.07. The minimum absolute atomic E-state index is 0.0302. The van der Waals surface area contributed by atoms with Crippen molar-refractivity contribution in [1.29, 1.82) is 0 Å². The lowest BCUT2D eigenvalue weighted by Crippen LogP contribution is -2.30. The Morgan fingerprint density at radius 3 is 2.65 bits per heavy atom. The smallest absolute Gasteiger partial charge is 0.342 e. The number of ketones is 1. The first-order valence-corrected chi connectivity index (χ1v) is 11.6. The van der Waals surface area contributed by atoms with Gasteiger partial charge in [-0.1, -0.05) is 18.2 Å². The van der Waals surface area contributed by atoms with Crippen molar-refractivity contribution in [2.24, 2.45) is 5.92 Å². The first kappa shape index (κ1) is 24.4.